The molecule has 8 heteroatoms. The number of nitro benzene ring substituents is 1. The minimum Gasteiger partial charge on any atom is -0.480 e. The fourth-order valence-electron chi connectivity index (χ4n) is 2.11. The number of nitro groups is 1. The Morgan fingerprint density at radius 3 is 2.76 bits per heavy atom. The van der Waals surface area contributed by atoms with E-state index in [9.17, 15) is 19.7 Å². The van der Waals surface area contributed by atoms with Gasteiger partial charge < -0.3 is 15.4 Å². The highest BCUT2D eigenvalue weighted by Gasteiger charge is 2.21. The summed E-state index contributed by atoms with van der Waals surface area (Å²) in [6.45, 7) is 1.23. The van der Waals surface area contributed by atoms with Crippen molar-refractivity contribution in [3.8, 4) is 0 Å². The molecule has 1 atom stereocenters. The van der Waals surface area contributed by atoms with Crippen molar-refractivity contribution in [2.24, 2.45) is 0 Å². The Morgan fingerprint density at radius 1 is 1.48 bits per heavy atom. The van der Waals surface area contributed by atoms with Crippen LogP contribution in [0.4, 0.5) is 5.69 Å². The Morgan fingerprint density at radius 2 is 2.19 bits per heavy atom. The van der Waals surface area contributed by atoms with Crippen LogP contribution in [-0.4, -0.2) is 32.9 Å². The van der Waals surface area contributed by atoms with E-state index in [1.807, 2.05) is 0 Å². The number of nitrogens with one attached hydrogen (secondary N) is 2. The topological polar surface area (TPSA) is 125 Å². The molecule has 0 saturated carbocycles. The highest BCUT2D eigenvalue weighted by molar-refractivity contribution is 5.87. The van der Waals surface area contributed by atoms with Gasteiger partial charge in [0.05, 0.1) is 4.92 Å². The number of aliphatic carboxylic acids is 1. The molecule has 2 aromatic rings. The molecule has 0 radical (unpaired) electrons. The van der Waals surface area contributed by atoms with Crippen LogP contribution in [0.1, 0.15) is 12.5 Å². The fourth-order valence-corrected chi connectivity index (χ4v) is 2.11. The molecule has 0 spiro atoms. The molecule has 1 aromatic heterocycles. The number of aromatic nitrogens is 1. The Kier molecular flexibility index (Phi) is 3.88. The average Bonchev–Trinajstić information content (AvgIpc) is 2.79. The van der Waals surface area contributed by atoms with Crippen LogP contribution >= 0.6 is 0 Å². The molecule has 0 aliphatic heterocycles. The molecule has 21 heavy (non-hydrogen) atoms. The number of nitrogens with zero attached hydrogens (tertiary/aromatic N) is 1. The van der Waals surface area contributed by atoms with Crippen molar-refractivity contribution < 1.29 is 19.6 Å². The molecule has 3 N–H and O–H groups in total. The van der Waals surface area contributed by atoms with Gasteiger partial charge in [0.1, 0.15) is 6.04 Å². The highest BCUT2D eigenvalue weighted by Crippen LogP contribution is 2.24. The number of benzene rings is 1. The minimum absolute atomic E-state index is 0.0378. The van der Waals surface area contributed by atoms with Gasteiger partial charge in [-0.3, -0.25) is 14.9 Å². The summed E-state index contributed by atoms with van der Waals surface area (Å²) in [5.41, 5.74) is 1.19. The quantitative estimate of drug-likeness (QED) is 0.564. The summed E-state index contributed by atoms with van der Waals surface area (Å²) in [5, 5.41) is 22.8. The molecule has 0 bridgehead atoms. The second-order valence-corrected chi connectivity index (χ2v) is 4.60. The minimum atomic E-state index is -1.16. The number of H-pyrrole nitrogens is 1. The van der Waals surface area contributed by atoms with Gasteiger partial charge in [-0.1, -0.05) is 0 Å². The van der Waals surface area contributed by atoms with Crippen LogP contribution in [0.3, 0.4) is 0 Å². The summed E-state index contributed by atoms with van der Waals surface area (Å²) in [6.07, 6.45) is 1.63. The van der Waals surface area contributed by atoms with Crippen LogP contribution in [0, 0.1) is 10.1 Å². The Bertz CT molecular complexity index is 722. The number of carbonyl (C=O) groups is 2. The van der Waals surface area contributed by atoms with E-state index in [4.69, 9.17) is 5.11 Å². The number of hydrogen-bond donors (Lipinski definition) is 3. The maximum Gasteiger partial charge on any atom is 0.326 e. The molecule has 0 fully saturated rings. The molecule has 2 rings (SSSR count). The van der Waals surface area contributed by atoms with E-state index in [1.54, 1.807) is 12.3 Å². The number of carboxylic acids is 1. The molecular formula is C13H13N3O5. The van der Waals surface area contributed by atoms with E-state index in [0.29, 0.717) is 16.5 Å². The summed E-state index contributed by atoms with van der Waals surface area (Å²) in [4.78, 5) is 35.4. The SMILES string of the molecule is CC(=O)N[C@@H](Cc1c[nH]c2ccc([N+](=O)[O-])cc12)C(=O)O. The number of fused-ring (bicyclic) bond motifs is 1. The number of rotatable bonds is 5. The number of non-ortho nitro benzene ring substituents is 1. The average molecular weight is 291 g/mol. The van der Waals surface area contributed by atoms with Crippen molar-refractivity contribution in [1.29, 1.82) is 0 Å². The summed E-state index contributed by atoms with van der Waals surface area (Å²) in [5.74, 6) is -1.61. The largest absolute Gasteiger partial charge is 0.480 e. The predicted octanol–water partition coefficient (Wildman–Crippen LogP) is 1.21. The van der Waals surface area contributed by atoms with Gasteiger partial charge in [-0.25, -0.2) is 4.79 Å². The van der Waals surface area contributed by atoms with Gasteiger partial charge in [-0.05, 0) is 11.6 Å². The third-order valence-corrected chi connectivity index (χ3v) is 3.06. The van der Waals surface area contributed by atoms with Crippen molar-refractivity contribution >= 4 is 28.5 Å². The third kappa shape index (κ3) is 3.16. The van der Waals surface area contributed by atoms with Crippen molar-refractivity contribution in [3.05, 3.63) is 40.1 Å². The number of aromatic amines is 1. The molecule has 0 aliphatic carbocycles. The van der Waals surface area contributed by atoms with Crippen LogP contribution < -0.4 is 5.32 Å². The third-order valence-electron chi connectivity index (χ3n) is 3.06. The second kappa shape index (κ2) is 5.61. The number of carboxylic acid groups (broad SMARTS) is 1. The van der Waals surface area contributed by atoms with Crippen molar-refractivity contribution in [2.45, 2.75) is 19.4 Å². The first-order valence-electron chi connectivity index (χ1n) is 6.13. The molecule has 0 unspecified atom stereocenters. The van der Waals surface area contributed by atoms with Crippen LogP contribution in [0.2, 0.25) is 0 Å². The van der Waals surface area contributed by atoms with Crippen molar-refractivity contribution in [2.75, 3.05) is 0 Å². The fraction of sp³-hybridized carbons (Fsp3) is 0.231. The van der Waals surface area contributed by atoms with E-state index in [2.05, 4.69) is 10.3 Å². The zero-order chi connectivity index (χ0) is 15.6. The van der Waals surface area contributed by atoms with Crippen LogP contribution in [0.15, 0.2) is 24.4 Å². The van der Waals surface area contributed by atoms with E-state index in [1.165, 1.54) is 19.1 Å². The van der Waals surface area contributed by atoms with Gasteiger partial charge in [0.2, 0.25) is 5.91 Å². The summed E-state index contributed by atoms with van der Waals surface area (Å²) >= 11 is 0. The summed E-state index contributed by atoms with van der Waals surface area (Å²) < 4.78 is 0. The van der Waals surface area contributed by atoms with Crippen LogP contribution in [-0.2, 0) is 16.0 Å². The normalized spacial score (nSPS) is 12.0. The number of carbonyl (C=O) groups excluding carboxylic acids is 1. The Hall–Kier alpha value is -2.90. The smallest absolute Gasteiger partial charge is 0.326 e. The second-order valence-electron chi connectivity index (χ2n) is 4.60. The molecule has 0 saturated heterocycles. The zero-order valence-corrected chi connectivity index (χ0v) is 11.1. The van der Waals surface area contributed by atoms with E-state index in [0.717, 1.165) is 0 Å². The van der Waals surface area contributed by atoms with Gasteiger partial charge in [0.25, 0.3) is 5.69 Å². The van der Waals surface area contributed by atoms with Crippen molar-refractivity contribution in [3.63, 3.8) is 0 Å². The molecule has 110 valence electrons. The summed E-state index contributed by atoms with van der Waals surface area (Å²) in [7, 11) is 0. The number of hydrogen-bond acceptors (Lipinski definition) is 4. The van der Waals surface area contributed by atoms with Gasteiger partial charge in [0.15, 0.2) is 0 Å². The monoisotopic (exact) mass is 291 g/mol. The standard InChI is InChI=1S/C13H13N3O5/c1-7(17)15-12(13(18)19)4-8-6-14-11-3-2-9(16(20)21)5-10(8)11/h2-3,5-6,12,14H,4H2,1H3,(H,15,17)(H,18,19)/t12-/m0/s1. The van der Waals surface area contributed by atoms with Gasteiger partial charge >= 0.3 is 5.97 Å². The van der Waals surface area contributed by atoms with Gasteiger partial charge in [-0.15, -0.1) is 0 Å². The van der Waals surface area contributed by atoms with E-state index >= 15 is 0 Å². The Labute approximate surface area is 118 Å². The molecule has 1 heterocycles. The first kappa shape index (κ1) is 14.5. The molecule has 1 aromatic carbocycles. The first-order valence-corrected chi connectivity index (χ1v) is 6.13. The van der Waals surface area contributed by atoms with Gasteiger partial charge in [0, 0.05) is 42.6 Å². The molecule has 1 amide bonds. The molecule has 8 nitrogen and oxygen atoms in total. The van der Waals surface area contributed by atoms with E-state index in [-0.39, 0.29) is 12.1 Å². The molecule has 0 aliphatic rings. The molecular weight excluding hydrogens is 278 g/mol. The van der Waals surface area contributed by atoms with Gasteiger partial charge in [-0.2, -0.15) is 0 Å². The summed E-state index contributed by atoms with van der Waals surface area (Å²) in [6, 6.07) is 3.23. The van der Waals surface area contributed by atoms with Crippen LogP contribution in [0.5, 0.6) is 0 Å². The Balaban J connectivity index is 2.36. The zero-order valence-electron chi connectivity index (χ0n) is 11.1. The van der Waals surface area contributed by atoms with E-state index < -0.39 is 22.8 Å². The lowest BCUT2D eigenvalue weighted by atomic mass is 10.0. The maximum atomic E-state index is 11.1. The highest BCUT2D eigenvalue weighted by atomic mass is 16.6. The predicted molar refractivity (Wildman–Crippen MR) is 73.9 cm³/mol. The lowest BCUT2D eigenvalue weighted by Crippen LogP contribution is -2.41. The number of amides is 1. The maximum absolute atomic E-state index is 11.1. The first-order chi connectivity index (χ1) is 9.88. The lowest BCUT2D eigenvalue weighted by molar-refractivity contribution is -0.384. The lowest BCUT2D eigenvalue weighted by Gasteiger charge is -2.12. The van der Waals surface area contributed by atoms with Crippen molar-refractivity contribution in [1.82, 2.24) is 10.3 Å². The van der Waals surface area contributed by atoms with Crippen LogP contribution in [0.25, 0.3) is 10.9 Å².